The number of hydrogen-bond donors (Lipinski definition) is 1. The Morgan fingerprint density at radius 2 is 2.22 bits per heavy atom. The van der Waals surface area contributed by atoms with Crippen molar-refractivity contribution in [2.45, 2.75) is 32.4 Å². The van der Waals surface area contributed by atoms with Gasteiger partial charge in [0.25, 0.3) is 5.91 Å². The fourth-order valence-corrected chi connectivity index (χ4v) is 2.05. The quantitative estimate of drug-likeness (QED) is 0.834. The van der Waals surface area contributed by atoms with E-state index in [9.17, 15) is 9.59 Å². The summed E-state index contributed by atoms with van der Waals surface area (Å²) < 4.78 is 5.12. The topological polar surface area (TPSA) is 55.4 Å². The van der Waals surface area contributed by atoms with Gasteiger partial charge in [-0.1, -0.05) is 17.7 Å². The molecule has 0 radical (unpaired) electrons. The van der Waals surface area contributed by atoms with Crippen molar-refractivity contribution in [1.29, 1.82) is 0 Å². The van der Waals surface area contributed by atoms with Crippen LogP contribution in [-0.4, -0.2) is 24.0 Å². The van der Waals surface area contributed by atoms with Gasteiger partial charge in [0.2, 0.25) is 0 Å². The van der Waals surface area contributed by atoms with Crippen molar-refractivity contribution in [3.05, 3.63) is 34.3 Å². The molecule has 18 heavy (non-hydrogen) atoms. The molecule has 1 aromatic carbocycles. The maximum absolute atomic E-state index is 11.8. The monoisotopic (exact) mass is 267 g/mol. The maximum Gasteiger partial charge on any atom is 0.339 e. The van der Waals surface area contributed by atoms with E-state index >= 15 is 0 Å². The smallest absolute Gasteiger partial charge is 0.339 e. The predicted molar refractivity (Wildman–Crippen MR) is 67.6 cm³/mol. The zero-order valence-electron chi connectivity index (χ0n) is 10.2. The van der Waals surface area contributed by atoms with Gasteiger partial charge in [-0.3, -0.25) is 4.79 Å². The SMILES string of the molecule is CC(C)NC(=O)[C@@H]1Cc2ccc(Cl)cc2C(=O)O1. The lowest BCUT2D eigenvalue weighted by molar-refractivity contribution is -0.130. The van der Waals surface area contributed by atoms with Crippen molar-refractivity contribution in [1.82, 2.24) is 5.32 Å². The first-order valence-electron chi connectivity index (χ1n) is 5.77. The lowest BCUT2D eigenvalue weighted by Crippen LogP contribution is -2.44. The Kier molecular flexibility index (Phi) is 3.57. The molecule has 1 aliphatic heterocycles. The van der Waals surface area contributed by atoms with Crippen LogP contribution < -0.4 is 5.32 Å². The highest BCUT2D eigenvalue weighted by Gasteiger charge is 2.31. The Labute approximate surface area is 110 Å². The second-order valence-electron chi connectivity index (χ2n) is 4.56. The molecule has 1 aromatic rings. The molecule has 0 saturated heterocycles. The summed E-state index contributed by atoms with van der Waals surface area (Å²) in [6.45, 7) is 3.71. The van der Waals surface area contributed by atoms with Gasteiger partial charge in [-0.25, -0.2) is 4.79 Å². The van der Waals surface area contributed by atoms with Crippen molar-refractivity contribution >= 4 is 23.5 Å². The number of halogens is 1. The van der Waals surface area contributed by atoms with E-state index in [1.807, 2.05) is 13.8 Å². The number of carbonyl (C=O) groups excluding carboxylic acids is 2. The summed E-state index contributed by atoms with van der Waals surface area (Å²) >= 11 is 5.82. The van der Waals surface area contributed by atoms with Crippen LogP contribution in [0, 0.1) is 0 Å². The van der Waals surface area contributed by atoms with E-state index in [1.165, 1.54) is 0 Å². The maximum atomic E-state index is 11.8. The van der Waals surface area contributed by atoms with Crippen LogP contribution in [0.1, 0.15) is 29.8 Å². The molecule has 0 unspecified atom stereocenters. The van der Waals surface area contributed by atoms with Crippen molar-refractivity contribution in [2.75, 3.05) is 0 Å². The number of rotatable bonds is 2. The second-order valence-corrected chi connectivity index (χ2v) is 5.00. The van der Waals surface area contributed by atoms with E-state index < -0.39 is 12.1 Å². The van der Waals surface area contributed by atoms with Gasteiger partial charge in [-0.2, -0.15) is 0 Å². The lowest BCUT2D eigenvalue weighted by atomic mass is 9.98. The molecule has 96 valence electrons. The van der Waals surface area contributed by atoms with Crippen LogP contribution in [0.2, 0.25) is 5.02 Å². The average molecular weight is 268 g/mol. The van der Waals surface area contributed by atoms with Crippen molar-refractivity contribution < 1.29 is 14.3 Å². The number of ether oxygens (including phenoxy) is 1. The highest BCUT2D eigenvalue weighted by atomic mass is 35.5. The molecule has 2 rings (SSSR count). The van der Waals surface area contributed by atoms with Crippen LogP contribution in [0.3, 0.4) is 0 Å². The zero-order chi connectivity index (χ0) is 13.3. The minimum atomic E-state index is -0.756. The molecule has 0 aromatic heterocycles. The first kappa shape index (κ1) is 12.9. The standard InChI is InChI=1S/C13H14ClNO3/c1-7(2)15-12(16)11-5-8-3-4-9(14)6-10(8)13(17)18-11/h3-4,6-7,11H,5H2,1-2H3,(H,15,16)/t11-/m0/s1. The molecule has 1 atom stereocenters. The van der Waals surface area contributed by atoms with Gasteiger partial charge >= 0.3 is 5.97 Å². The molecule has 0 spiro atoms. The number of amides is 1. The number of benzene rings is 1. The fourth-order valence-electron chi connectivity index (χ4n) is 1.87. The summed E-state index contributed by atoms with van der Waals surface area (Å²) in [4.78, 5) is 23.6. The molecule has 0 bridgehead atoms. The minimum absolute atomic E-state index is 0.0165. The molecular weight excluding hydrogens is 254 g/mol. The number of esters is 1. The molecule has 0 fully saturated rings. The van der Waals surface area contributed by atoms with Crippen LogP contribution in [0.5, 0.6) is 0 Å². The normalized spacial score (nSPS) is 18.2. The highest BCUT2D eigenvalue weighted by Crippen LogP contribution is 2.24. The molecule has 1 N–H and O–H groups in total. The Morgan fingerprint density at radius 3 is 2.89 bits per heavy atom. The van der Waals surface area contributed by atoms with Crippen molar-refractivity contribution in [3.63, 3.8) is 0 Å². The van der Waals surface area contributed by atoms with Crippen LogP contribution >= 0.6 is 11.6 Å². The molecule has 4 nitrogen and oxygen atoms in total. The van der Waals surface area contributed by atoms with E-state index in [-0.39, 0.29) is 11.9 Å². The molecular formula is C13H14ClNO3. The Morgan fingerprint density at radius 1 is 1.50 bits per heavy atom. The minimum Gasteiger partial charge on any atom is -0.448 e. The molecule has 1 aliphatic rings. The Hall–Kier alpha value is -1.55. The predicted octanol–water partition coefficient (Wildman–Crippen LogP) is 1.95. The van der Waals surface area contributed by atoms with Crippen LogP contribution in [0.25, 0.3) is 0 Å². The summed E-state index contributed by atoms with van der Waals surface area (Å²) in [5.41, 5.74) is 1.23. The van der Waals surface area contributed by atoms with E-state index in [4.69, 9.17) is 16.3 Å². The van der Waals surface area contributed by atoms with Crippen molar-refractivity contribution in [3.8, 4) is 0 Å². The average Bonchev–Trinajstić information content (AvgIpc) is 2.29. The number of carbonyl (C=O) groups is 2. The van der Waals surface area contributed by atoms with Gasteiger partial charge < -0.3 is 10.1 Å². The Balaban J connectivity index is 2.20. The number of fused-ring (bicyclic) bond motifs is 1. The largest absolute Gasteiger partial charge is 0.448 e. The molecule has 0 aliphatic carbocycles. The van der Waals surface area contributed by atoms with Crippen LogP contribution in [0.15, 0.2) is 18.2 Å². The first-order valence-corrected chi connectivity index (χ1v) is 6.15. The summed E-state index contributed by atoms with van der Waals surface area (Å²) in [7, 11) is 0. The van der Waals surface area contributed by atoms with Crippen molar-refractivity contribution in [2.24, 2.45) is 0 Å². The fraction of sp³-hybridized carbons (Fsp3) is 0.385. The van der Waals surface area contributed by atoms with E-state index in [0.29, 0.717) is 17.0 Å². The summed E-state index contributed by atoms with van der Waals surface area (Å²) in [6, 6.07) is 5.04. The van der Waals surface area contributed by atoms with Gasteiger partial charge in [0.15, 0.2) is 6.10 Å². The van der Waals surface area contributed by atoms with Gasteiger partial charge in [0.05, 0.1) is 5.56 Å². The van der Waals surface area contributed by atoms with Gasteiger partial charge in [0, 0.05) is 17.5 Å². The van der Waals surface area contributed by atoms with E-state index in [0.717, 1.165) is 5.56 Å². The van der Waals surface area contributed by atoms with Gasteiger partial charge in [0.1, 0.15) is 0 Å². The second kappa shape index (κ2) is 4.98. The molecule has 5 heteroatoms. The molecule has 1 heterocycles. The Bertz CT molecular complexity index is 499. The zero-order valence-corrected chi connectivity index (χ0v) is 11.0. The van der Waals surface area contributed by atoms with Crippen LogP contribution in [-0.2, 0) is 16.0 Å². The third kappa shape index (κ3) is 2.64. The van der Waals surface area contributed by atoms with E-state index in [1.54, 1.807) is 18.2 Å². The number of nitrogens with one attached hydrogen (secondary N) is 1. The first-order chi connectivity index (χ1) is 8.47. The summed E-state index contributed by atoms with van der Waals surface area (Å²) in [6.07, 6.45) is -0.370. The van der Waals surface area contributed by atoms with Crippen LogP contribution in [0.4, 0.5) is 0 Å². The highest BCUT2D eigenvalue weighted by molar-refractivity contribution is 6.31. The van der Waals surface area contributed by atoms with E-state index in [2.05, 4.69) is 5.32 Å². The number of hydrogen-bond acceptors (Lipinski definition) is 3. The third-order valence-corrected chi connectivity index (χ3v) is 2.90. The summed E-state index contributed by atoms with van der Waals surface area (Å²) in [5, 5.41) is 3.22. The summed E-state index contributed by atoms with van der Waals surface area (Å²) in [5.74, 6) is -0.762. The molecule has 1 amide bonds. The number of cyclic esters (lactones) is 1. The van der Waals surface area contributed by atoms with Gasteiger partial charge in [-0.15, -0.1) is 0 Å². The van der Waals surface area contributed by atoms with Gasteiger partial charge in [-0.05, 0) is 31.5 Å². The molecule has 0 saturated carbocycles. The lowest BCUT2D eigenvalue weighted by Gasteiger charge is -2.24. The third-order valence-electron chi connectivity index (χ3n) is 2.67.